The maximum atomic E-state index is 5.79. The molecule has 20 heavy (non-hydrogen) atoms. The van der Waals surface area contributed by atoms with Crippen LogP contribution < -0.4 is 5.32 Å². The third-order valence-corrected chi connectivity index (χ3v) is 5.15. The predicted molar refractivity (Wildman–Crippen MR) is 81.9 cm³/mol. The summed E-state index contributed by atoms with van der Waals surface area (Å²) in [5, 5.41) is 4.33. The lowest BCUT2D eigenvalue weighted by atomic mass is 9.85. The van der Waals surface area contributed by atoms with Gasteiger partial charge in [-0.15, -0.1) is 11.3 Å². The first-order valence-electron chi connectivity index (χ1n) is 7.45. The molecular formula is C15H26N2O2S. The summed E-state index contributed by atoms with van der Waals surface area (Å²) >= 11 is 1.77. The van der Waals surface area contributed by atoms with Gasteiger partial charge in [-0.25, -0.2) is 4.98 Å². The predicted octanol–water partition coefficient (Wildman–Crippen LogP) is 3.28. The molecule has 1 atom stereocenters. The second-order valence-electron chi connectivity index (χ2n) is 5.44. The Morgan fingerprint density at radius 2 is 2.05 bits per heavy atom. The molecule has 0 aromatic carbocycles. The van der Waals surface area contributed by atoms with Gasteiger partial charge in [0.05, 0.1) is 12.3 Å². The fourth-order valence-electron chi connectivity index (χ4n) is 3.00. The minimum absolute atomic E-state index is 0.154. The third-order valence-electron chi connectivity index (χ3n) is 3.99. The van der Waals surface area contributed by atoms with Gasteiger partial charge >= 0.3 is 0 Å². The van der Waals surface area contributed by atoms with Crippen LogP contribution in [0.5, 0.6) is 0 Å². The molecule has 1 N–H and O–H groups in total. The first kappa shape index (κ1) is 15.9. The zero-order valence-electron chi connectivity index (χ0n) is 12.8. The molecule has 0 spiro atoms. The molecule has 1 unspecified atom stereocenters. The van der Waals surface area contributed by atoms with E-state index < -0.39 is 0 Å². The molecule has 0 saturated heterocycles. The summed E-state index contributed by atoms with van der Waals surface area (Å²) < 4.78 is 11.0. The van der Waals surface area contributed by atoms with E-state index in [4.69, 9.17) is 14.5 Å². The van der Waals surface area contributed by atoms with Crippen LogP contribution in [-0.4, -0.2) is 26.3 Å². The number of aromatic nitrogens is 1. The Bertz CT molecular complexity index is 379. The Morgan fingerprint density at radius 3 is 2.65 bits per heavy atom. The number of ether oxygens (including phenoxy) is 2. The van der Waals surface area contributed by atoms with Gasteiger partial charge < -0.3 is 14.8 Å². The Hall–Kier alpha value is -0.490. The quantitative estimate of drug-likeness (QED) is 0.839. The molecule has 1 aromatic heterocycles. The number of hydrogen-bond donors (Lipinski definition) is 1. The average Bonchev–Trinajstić information content (AvgIpc) is 2.85. The van der Waals surface area contributed by atoms with Crippen LogP contribution >= 0.6 is 11.3 Å². The van der Waals surface area contributed by atoms with Crippen molar-refractivity contribution in [3.8, 4) is 0 Å². The van der Waals surface area contributed by atoms with Crippen molar-refractivity contribution >= 4 is 11.3 Å². The van der Waals surface area contributed by atoms with E-state index in [1.54, 1.807) is 18.4 Å². The lowest BCUT2D eigenvalue weighted by Gasteiger charge is -2.27. The summed E-state index contributed by atoms with van der Waals surface area (Å²) in [6, 6.07) is 0. The molecule has 5 heteroatoms. The first-order valence-corrected chi connectivity index (χ1v) is 8.26. The smallest absolute Gasteiger partial charge is 0.122 e. The van der Waals surface area contributed by atoms with Crippen LogP contribution in [0.25, 0.3) is 0 Å². The van der Waals surface area contributed by atoms with Gasteiger partial charge in [0.1, 0.15) is 11.1 Å². The average molecular weight is 298 g/mol. The zero-order chi connectivity index (χ0) is 14.4. The van der Waals surface area contributed by atoms with Gasteiger partial charge in [0.25, 0.3) is 0 Å². The second-order valence-corrected chi connectivity index (χ2v) is 6.55. The highest BCUT2D eigenvalue weighted by molar-refractivity contribution is 7.11. The molecule has 1 aliphatic rings. The SMILES string of the molecule is CNCc1sc(C(OC)C2CCCCC2)nc1COC. The van der Waals surface area contributed by atoms with Crippen molar-refractivity contribution in [2.75, 3.05) is 21.3 Å². The molecule has 0 aliphatic heterocycles. The molecule has 1 heterocycles. The molecule has 0 bridgehead atoms. The highest BCUT2D eigenvalue weighted by Gasteiger charge is 2.28. The maximum Gasteiger partial charge on any atom is 0.122 e. The maximum absolute atomic E-state index is 5.79. The van der Waals surface area contributed by atoms with Gasteiger partial charge in [0.15, 0.2) is 0 Å². The summed E-state index contributed by atoms with van der Waals surface area (Å²) in [5.41, 5.74) is 1.06. The number of methoxy groups -OCH3 is 2. The third kappa shape index (κ3) is 3.79. The van der Waals surface area contributed by atoms with Crippen molar-refractivity contribution in [2.24, 2.45) is 5.92 Å². The fraction of sp³-hybridized carbons (Fsp3) is 0.800. The molecule has 2 rings (SSSR count). The Balaban J connectivity index is 2.17. The van der Waals surface area contributed by atoms with Crippen molar-refractivity contribution in [2.45, 2.75) is 51.4 Å². The first-order chi connectivity index (χ1) is 9.80. The normalized spacial score (nSPS) is 18.4. The van der Waals surface area contributed by atoms with Crippen molar-refractivity contribution in [3.63, 3.8) is 0 Å². The van der Waals surface area contributed by atoms with E-state index in [0.29, 0.717) is 12.5 Å². The molecular weight excluding hydrogens is 272 g/mol. The summed E-state index contributed by atoms with van der Waals surface area (Å²) in [6.07, 6.45) is 6.69. The lowest BCUT2D eigenvalue weighted by molar-refractivity contribution is 0.0349. The molecule has 0 radical (unpaired) electrons. The van der Waals surface area contributed by atoms with E-state index in [1.807, 2.05) is 14.2 Å². The van der Waals surface area contributed by atoms with Crippen molar-refractivity contribution in [3.05, 3.63) is 15.6 Å². The number of rotatable bonds is 7. The van der Waals surface area contributed by atoms with Crippen LogP contribution in [0.15, 0.2) is 0 Å². The topological polar surface area (TPSA) is 43.4 Å². The molecule has 4 nitrogen and oxygen atoms in total. The van der Waals surface area contributed by atoms with E-state index in [-0.39, 0.29) is 6.10 Å². The fourth-order valence-corrected chi connectivity index (χ4v) is 4.26. The van der Waals surface area contributed by atoms with E-state index in [1.165, 1.54) is 37.0 Å². The molecule has 1 aliphatic carbocycles. The van der Waals surface area contributed by atoms with Crippen LogP contribution in [0.2, 0.25) is 0 Å². The van der Waals surface area contributed by atoms with E-state index >= 15 is 0 Å². The summed E-state index contributed by atoms with van der Waals surface area (Å²) in [4.78, 5) is 6.06. The van der Waals surface area contributed by atoms with Crippen molar-refractivity contribution in [1.82, 2.24) is 10.3 Å². The lowest BCUT2D eigenvalue weighted by Crippen LogP contribution is -2.17. The Labute approximate surface area is 125 Å². The number of hydrogen-bond acceptors (Lipinski definition) is 5. The number of nitrogens with zero attached hydrogens (tertiary/aromatic N) is 1. The van der Waals surface area contributed by atoms with Crippen LogP contribution in [0.4, 0.5) is 0 Å². The van der Waals surface area contributed by atoms with E-state index in [2.05, 4.69) is 5.32 Å². The standard InChI is InChI=1S/C15H26N2O2S/c1-16-9-13-12(10-18-2)17-15(20-13)14(19-3)11-7-5-4-6-8-11/h11,14,16H,4-10H2,1-3H3. The van der Waals surface area contributed by atoms with Crippen molar-refractivity contribution in [1.29, 1.82) is 0 Å². The molecule has 1 saturated carbocycles. The largest absolute Gasteiger partial charge is 0.378 e. The molecule has 1 aromatic rings. The minimum atomic E-state index is 0.154. The van der Waals surface area contributed by atoms with E-state index in [9.17, 15) is 0 Å². The van der Waals surface area contributed by atoms with Gasteiger partial charge in [0, 0.05) is 25.6 Å². The summed E-state index contributed by atoms with van der Waals surface area (Å²) in [5.74, 6) is 0.623. The van der Waals surface area contributed by atoms with Gasteiger partial charge in [0.2, 0.25) is 0 Å². The highest BCUT2D eigenvalue weighted by Crippen LogP contribution is 2.38. The van der Waals surface area contributed by atoms with Gasteiger partial charge in [-0.05, 0) is 25.8 Å². The number of nitrogens with one attached hydrogen (secondary N) is 1. The van der Waals surface area contributed by atoms with Crippen LogP contribution in [-0.2, 0) is 22.6 Å². The van der Waals surface area contributed by atoms with E-state index in [0.717, 1.165) is 17.2 Å². The Kier molecular flexibility index (Phi) is 6.42. The highest BCUT2D eigenvalue weighted by atomic mass is 32.1. The van der Waals surface area contributed by atoms with Gasteiger partial charge in [-0.1, -0.05) is 19.3 Å². The summed E-state index contributed by atoms with van der Waals surface area (Å²) in [7, 11) is 5.50. The summed E-state index contributed by atoms with van der Waals surface area (Å²) in [6.45, 7) is 1.42. The van der Waals surface area contributed by atoms with Gasteiger partial charge in [-0.2, -0.15) is 0 Å². The van der Waals surface area contributed by atoms with Gasteiger partial charge in [-0.3, -0.25) is 0 Å². The van der Waals surface area contributed by atoms with Crippen LogP contribution in [0, 0.1) is 5.92 Å². The Morgan fingerprint density at radius 1 is 1.30 bits per heavy atom. The van der Waals surface area contributed by atoms with Crippen LogP contribution in [0.1, 0.15) is 53.8 Å². The molecule has 114 valence electrons. The zero-order valence-corrected chi connectivity index (χ0v) is 13.6. The molecule has 0 amide bonds. The minimum Gasteiger partial charge on any atom is -0.378 e. The number of thiazole rings is 1. The van der Waals surface area contributed by atoms with Crippen molar-refractivity contribution < 1.29 is 9.47 Å². The monoisotopic (exact) mass is 298 g/mol. The van der Waals surface area contributed by atoms with Crippen LogP contribution in [0.3, 0.4) is 0 Å². The second kappa shape index (κ2) is 8.08. The molecule has 1 fully saturated rings.